The van der Waals surface area contributed by atoms with E-state index in [1.54, 1.807) is 30.7 Å². The Labute approximate surface area is 189 Å². The Morgan fingerprint density at radius 2 is 2.16 bits per heavy atom. The molecular weight excluding hydrogens is 426 g/mol. The molecule has 3 heterocycles. The summed E-state index contributed by atoms with van der Waals surface area (Å²) in [6, 6.07) is 9.55. The summed E-state index contributed by atoms with van der Waals surface area (Å²) in [7, 11) is 0. The molecular formula is C22H25N7O2S. The number of anilines is 3. The Bertz CT molecular complexity index is 1200. The molecule has 0 saturated carbocycles. The molecule has 1 aliphatic rings. The molecule has 0 spiro atoms. The first-order chi connectivity index (χ1) is 15.2. The van der Waals surface area contributed by atoms with Gasteiger partial charge in [0.05, 0.1) is 29.8 Å². The molecule has 1 aliphatic heterocycles. The lowest BCUT2D eigenvalue weighted by molar-refractivity contribution is 0.219. The molecule has 9 nitrogen and oxygen atoms in total. The van der Waals surface area contributed by atoms with E-state index < -0.39 is 21.3 Å². The second-order valence-electron chi connectivity index (χ2n) is 8.65. The van der Waals surface area contributed by atoms with Crippen LogP contribution in [0.25, 0.3) is 11.3 Å². The number of aliphatic hydroxyl groups excluding tert-OH is 1. The molecule has 4 N–H and O–H groups in total. The number of hydrogen-bond acceptors (Lipinski definition) is 8. The van der Waals surface area contributed by atoms with Crippen molar-refractivity contribution >= 4 is 28.6 Å². The molecule has 0 saturated heterocycles. The molecule has 32 heavy (non-hydrogen) atoms. The highest BCUT2D eigenvalue weighted by atomic mass is 32.2. The van der Waals surface area contributed by atoms with E-state index in [1.165, 1.54) is 0 Å². The Hall–Kier alpha value is -3.13. The van der Waals surface area contributed by atoms with E-state index in [-0.39, 0.29) is 6.61 Å². The molecule has 0 bridgehead atoms. The van der Waals surface area contributed by atoms with Crippen LogP contribution in [-0.4, -0.2) is 49.2 Å². The van der Waals surface area contributed by atoms with E-state index >= 15 is 0 Å². The van der Waals surface area contributed by atoms with Crippen molar-refractivity contribution in [3.63, 3.8) is 0 Å². The Kier molecular flexibility index (Phi) is 5.58. The van der Waals surface area contributed by atoms with Crippen LogP contribution in [0.3, 0.4) is 0 Å². The predicted molar refractivity (Wildman–Crippen MR) is 124 cm³/mol. The topological polar surface area (TPSA) is 146 Å². The third-order valence-corrected chi connectivity index (χ3v) is 7.67. The quantitative estimate of drug-likeness (QED) is 0.419. The second kappa shape index (κ2) is 8.09. The molecule has 1 aromatic carbocycles. The predicted octanol–water partition coefficient (Wildman–Crippen LogP) is 2.77. The molecule has 0 amide bonds. The smallest absolute Gasteiger partial charge is 0.228 e. The first kappa shape index (κ1) is 22.1. The number of rotatable bonds is 6. The molecule has 3 aromatic rings. The average Bonchev–Trinajstić information content (AvgIpc) is 3.39. The van der Waals surface area contributed by atoms with Crippen LogP contribution in [0.15, 0.2) is 30.5 Å². The number of aliphatic hydroxyl groups is 1. The van der Waals surface area contributed by atoms with Gasteiger partial charge in [0.2, 0.25) is 5.95 Å². The highest BCUT2D eigenvalue weighted by Crippen LogP contribution is 2.41. The minimum absolute atomic E-state index is 0.0288. The minimum Gasteiger partial charge on any atom is -0.616 e. The summed E-state index contributed by atoms with van der Waals surface area (Å²) in [6.45, 7) is 6.24. The zero-order chi connectivity index (χ0) is 23.1. The number of aromatic nitrogens is 4. The zero-order valence-electron chi connectivity index (χ0n) is 18.4. The summed E-state index contributed by atoms with van der Waals surface area (Å²) in [5.74, 6) is 0.939. The van der Waals surface area contributed by atoms with E-state index in [2.05, 4.69) is 36.9 Å². The minimum atomic E-state index is -1.09. The first-order valence-corrected chi connectivity index (χ1v) is 11.7. The molecule has 10 heteroatoms. The van der Waals surface area contributed by atoms with Crippen molar-refractivity contribution in [3.05, 3.63) is 47.3 Å². The van der Waals surface area contributed by atoms with Crippen LogP contribution in [0.2, 0.25) is 0 Å². The van der Waals surface area contributed by atoms with Crippen LogP contribution in [0.1, 0.15) is 37.6 Å². The largest absolute Gasteiger partial charge is 0.616 e. The fourth-order valence-electron chi connectivity index (χ4n) is 3.61. The number of benzene rings is 1. The summed E-state index contributed by atoms with van der Waals surface area (Å²) in [6.07, 6.45) is 3.29. The third-order valence-electron chi connectivity index (χ3n) is 6.02. The monoisotopic (exact) mass is 451 g/mol. The molecule has 166 valence electrons. The van der Waals surface area contributed by atoms with Crippen molar-refractivity contribution in [3.8, 4) is 17.3 Å². The normalized spacial score (nSPS) is 18.5. The van der Waals surface area contributed by atoms with Gasteiger partial charge in [-0.1, -0.05) is 6.92 Å². The van der Waals surface area contributed by atoms with E-state index in [0.29, 0.717) is 35.3 Å². The van der Waals surface area contributed by atoms with Gasteiger partial charge in [-0.25, -0.2) is 9.97 Å². The number of hydrogen-bond donors (Lipinski definition) is 4. The molecule has 0 fully saturated rings. The summed E-state index contributed by atoms with van der Waals surface area (Å²) in [5.41, 5.74) is 3.78. The number of aromatic amines is 1. The van der Waals surface area contributed by atoms with Gasteiger partial charge in [0.15, 0.2) is 4.75 Å². The summed E-state index contributed by atoms with van der Waals surface area (Å²) < 4.78 is 11.4. The van der Waals surface area contributed by atoms with Crippen LogP contribution < -0.4 is 10.6 Å². The summed E-state index contributed by atoms with van der Waals surface area (Å²) >= 11 is -1.09. The van der Waals surface area contributed by atoms with Gasteiger partial charge in [-0.15, -0.1) is 0 Å². The fraction of sp³-hybridized carbons (Fsp3) is 0.364. The molecule has 2 aromatic heterocycles. The van der Waals surface area contributed by atoms with Crippen molar-refractivity contribution in [2.75, 3.05) is 30.0 Å². The SMILES string of the molecule is C[S+]([O-])C(C)(C)c1cc(Nc2nccc(-c3cc(C#N)c4c(c3)C(C)(CO)CN4)n2)[nH]n1. The van der Waals surface area contributed by atoms with E-state index in [0.717, 1.165) is 16.8 Å². The Balaban J connectivity index is 1.66. The number of H-pyrrole nitrogens is 1. The van der Waals surface area contributed by atoms with Crippen molar-refractivity contribution in [2.24, 2.45) is 0 Å². The van der Waals surface area contributed by atoms with Gasteiger partial charge >= 0.3 is 0 Å². The lowest BCUT2D eigenvalue weighted by Crippen LogP contribution is -2.28. The highest BCUT2D eigenvalue weighted by molar-refractivity contribution is 7.91. The molecule has 2 unspecified atom stereocenters. The first-order valence-electron chi connectivity index (χ1n) is 10.1. The maximum absolute atomic E-state index is 12.0. The Morgan fingerprint density at radius 3 is 2.84 bits per heavy atom. The number of nitrogens with one attached hydrogen (secondary N) is 3. The van der Waals surface area contributed by atoms with Crippen LogP contribution in [0, 0.1) is 11.3 Å². The molecule has 4 rings (SSSR count). The molecule has 0 radical (unpaired) electrons. The van der Waals surface area contributed by atoms with Crippen molar-refractivity contribution in [1.82, 2.24) is 20.2 Å². The lowest BCUT2D eigenvalue weighted by atomic mass is 9.83. The van der Waals surface area contributed by atoms with Gasteiger partial charge in [-0.3, -0.25) is 5.10 Å². The van der Waals surface area contributed by atoms with Gasteiger partial charge in [-0.2, -0.15) is 10.4 Å². The van der Waals surface area contributed by atoms with Crippen molar-refractivity contribution in [1.29, 1.82) is 5.26 Å². The van der Waals surface area contributed by atoms with E-state index in [1.807, 2.05) is 26.8 Å². The molecule has 0 aliphatic carbocycles. The van der Waals surface area contributed by atoms with E-state index in [9.17, 15) is 14.9 Å². The average molecular weight is 452 g/mol. The van der Waals surface area contributed by atoms with Crippen LogP contribution in [-0.2, 0) is 21.3 Å². The summed E-state index contributed by atoms with van der Waals surface area (Å²) in [4.78, 5) is 8.88. The van der Waals surface area contributed by atoms with Gasteiger partial charge in [0.25, 0.3) is 0 Å². The fourth-order valence-corrected chi connectivity index (χ4v) is 4.01. The lowest BCUT2D eigenvalue weighted by Gasteiger charge is -2.23. The van der Waals surface area contributed by atoms with Gasteiger partial charge in [0, 0.05) is 29.8 Å². The second-order valence-corrected chi connectivity index (χ2v) is 10.6. The zero-order valence-corrected chi connectivity index (χ0v) is 19.2. The van der Waals surface area contributed by atoms with Gasteiger partial charge in [0.1, 0.15) is 17.6 Å². The number of fused-ring (bicyclic) bond motifs is 1. The third kappa shape index (κ3) is 3.79. The van der Waals surface area contributed by atoms with Crippen LogP contribution in [0.5, 0.6) is 0 Å². The number of nitrogens with zero attached hydrogens (tertiary/aromatic N) is 4. The van der Waals surface area contributed by atoms with Gasteiger partial charge < -0.3 is 20.3 Å². The Morgan fingerprint density at radius 1 is 1.38 bits per heavy atom. The number of nitriles is 1. The maximum Gasteiger partial charge on any atom is 0.228 e. The maximum atomic E-state index is 12.0. The highest BCUT2D eigenvalue weighted by Gasteiger charge is 2.36. The standard InChI is InChI=1S/C22H25N7O2S/c1-21(2,32(4)31)17-9-18(29-28-17)27-20-24-6-5-16(26-20)13-7-14(10-23)19-15(8-13)22(3,12-30)11-25-19/h5-9,25,30H,11-12H2,1-4H3,(H2,24,26,27,28,29). The van der Waals surface area contributed by atoms with Crippen LogP contribution in [0.4, 0.5) is 17.5 Å². The van der Waals surface area contributed by atoms with Crippen LogP contribution >= 0.6 is 0 Å². The summed E-state index contributed by atoms with van der Waals surface area (Å²) in [5, 5.41) is 33.1. The van der Waals surface area contributed by atoms with Crippen molar-refractivity contribution in [2.45, 2.75) is 30.9 Å². The van der Waals surface area contributed by atoms with E-state index in [4.69, 9.17) is 0 Å². The van der Waals surface area contributed by atoms with Gasteiger partial charge in [-0.05, 0) is 48.8 Å². The van der Waals surface area contributed by atoms with Crippen molar-refractivity contribution < 1.29 is 9.66 Å². The molecule has 2 atom stereocenters.